The summed E-state index contributed by atoms with van der Waals surface area (Å²) >= 11 is 1.40. The zero-order valence-corrected chi connectivity index (χ0v) is 15.1. The van der Waals surface area contributed by atoms with Crippen LogP contribution in [0.3, 0.4) is 0 Å². The molecule has 4 N–H and O–H groups in total. The minimum Gasteiger partial charge on any atom is -0.493 e. The number of nitrogen functional groups attached to an aromatic ring is 1. The number of hydrogen-bond acceptors (Lipinski definition) is 6. The summed E-state index contributed by atoms with van der Waals surface area (Å²) in [6.07, 6.45) is -3.40. The van der Waals surface area contributed by atoms with Gasteiger partial charge in [0.1, 0.15) is 5.84 Å². The van der Waals surface area contributed by atoms with Crippen LogP contribution in [0.4, 0.5) is 13.2 Å². The van der Waals surface area contributed by atoms with Gasteiger partial charge in [-0.3, -0.25) is 5.41 Å². The van der Waals surface area contributed by atoms with Crippen molar-refractivity contribution < 1.29 is 32.5 Å². The van der Waals surface area contributed by atoms with Crippen LogP contribution < -0.4 is 15.2 Å². The van der Waals surface area contributed by atoms with Gasteiger partial charge in [0.05, 0.1) is 7.11 Å². The molecule has 148 valence electrons. The van der Waals surface area contributed by atoms with Crippen LogP contribution in [0, 0.1) is 5.41 Å². The monoisotopic (exact) mass is 413 g/mol. The molecule has 3 aromatic rings. The van der Waals surface area contributed by atoms with Crippen LogP contribution in [0.15, 0.2) is 41.9 Å². The molecule has 7 nitrogen and oxygen atoms in total. The van der Waals surface area contributed by atoms with Crippen molar-refractivity contribution in [3.05, 3.63) is 47.5 Å². The highest BCUT2D eigenvalue weighted by molar-refractivity contribution is 7.11. The van der Waals surface area contributed by atoms with E-state index in [1.807, 2.05) is 35.7 Å². The molecule has 0 fully saturated rings. The number of ether oxygens (including phenoxy) is 2. The number of carboxylic acids is 1. The smallest absolute Gasteiger partial charge is 0.490 e. The number of benzene rings is 2. The van der Waals surface area contributed by atoms with Crippen LogP contribution >= 0.6 is 11.3 Å². The van der Waals surface area contributed by atoms with Gasteiger partial charge in [-0.05, 0) is 17.5 Å². The summed E-state index contributed by atoms with van der Waals surface area (Å²) in [4.78, 5) is 13.0. The Balaban J connectivity index is 0.000000345. The molecule has 3 rings (SSSR count). The van der Waals surface area contributed by atoms with Crippen LogP contribution in [0.25, 0.3) is 10.8 Å². The molecular formula is C17H14F3N3O4S. The van der Waals surface area contributed by atoms with Crippen molar-refractivity contribution in [2.45, 2.75) is 6.18 Å². The van der Waals surface area contributed by atoms with Gasteiger partial charge in [-0.2, -0.15) is 13.2 Å². The third-order valence-electron chi connectivity index (χ3n) is 3.31. The molecule has 11 heteroatoms. The van der Waals surface area contributed by atoms with E-state index >= 15 is 0 Å². The van der Waals surface area contributed by atoms with E-state index in [9.17, 15) is 13.2 Å². The molecule has 0 amide bonds. The lowest BCUT2D eigenvalue weighted by molar-refractivity contribution is -0.192. The van der Waals surface area contributed by atoms with E-state index in [-0.39, 0.29) is 5.84 Å². The number of alkyl halides is 3. The van der Waals surface area contributed by atoms with Crippen molar-refractivity contribution in [3.8, 4) is 16.7 Å². The number of fused-ring (bicyclic) bond motifs is 1. The van der Waals surface area contributed by atoms with Crippen LogP contribution in [0.1, 0.15) is 5.56 Å². The number of amidine groups is 1. The van der Waals surface area contributed by atoms with E-state index in [0.29, 0.717) is 22.3 Å². The average Bonchev–Trinajstić information content (AvgIpc) is 3.14. The Bertz CT molecular complexity index is 991. The molecule has 0 aliphatic carbocycles. The average molecular weight is 413 g/mol. The number of rotatable bonds is 4. The molecule has 28 heavy (non-hydrogen) atoms. The van der Waals surface area contributed by atoms with E-state index in [2.05, 4.69) is 4.98 Å². The Morgan fingerprint density at radius 1 is 1.29 bits per heavy atom. The highest BCUT2D eigenvalue weighted by atomic mass is 32.1. The van der Waals surface area contributed by atoms with Crippen molar-refractivity contribution in [1.29, 1.82) is 5.41 Å². The summed E-state index contributed by atoms with van der Waals surface area (Å²) in [5.41, 5.74) is 6.20. The molecule has 0 aliphatic heterocycles. The van der Waals surface area contributed by atoms with Gasteiger partial charge in [0.15, 0.2) is 11.5 Å². The van der Waals surface area contributed by atoms with Crippen molar-refractivity contribution >= 4 is 33.9 Å². The van der Waals surface area contributed by atoms with Gasteiger partial charge in [-0.1, -0.05) is 29.5 Å². The van der Waals surface area contributed by atoms with Gasteiger partial charge >= 0.3 is 12.1 Å². The third-order valence-corrected chi connectivity index (χ3v) is 3.96. The van der Waals surface area contributed by atoms with Crippen molar-refractivity contribution in [3.63, 3.8) is 0 Å². The second-order valence-corrected chi connectivity index (χ2v) is 6.01. The Labute approximate surface area is 160 Å². The van der Waals surface area contributed by atoms with Gasteiger partial charge in [-0.15, -0.1) is 0 Å². The number of carboxylic acid groups (broad SMARTS) is 1. The maximum Gasteiger partial charge on any atom is 0.490 e. The van der Waals surface area contributed by atoms with Crippen molar-refractivity contribution in [2.24, 2.45) is 5.73 Å². The third kappa shape index (κ3) is 5.10. The number of aromatic nitrogens is 1. The molecule has 0 unspecified atom stereocenters. The lowest BCUT2D eigenvalue weighted by Gasteiger charge is -2.12. The molecular weight excluding hydrogens is 399 g/mol. The molecule has 2 aromatic carbocycles. The number of halogens is 3. The molecule has 0 atom stereocenters. The zero-order valence-electron chi connectivity index (χ0n) is 14.3. The van der Waals surface area contributed by atoms with Gasteiger partial charge in [0.2, 0.25) is 0 Å². The largest absolute Gasteiger partial charge is 0.493 e. The fourth-order valence-electron chi connectivity index (χ4n) is 2.05. The zero-order chi connectivity index (χ0) is 20.9. The number of nitrogens with zero attached hydrogens (tertiary/aromatic N) is 1. The summed E-state index contributed by atoms with van der Waals surface area (Å²) in [7, 11) is 1.59. The highest BCUT2D eigenvalue weighted by Gasteiger charge is 2.38. The lowest BCUT2D eigenvalue weighted by atomic mass is 10.0. The summed E-state index contributed by atoms with van der Waals surface area (Å²) in [5.74, 6) is -1.56. The predicted molar refractivity (Wildman–Crippen MR) is 97.4 cm³/mol. The molecule has 1 aromatic heterocycles. The molecule has 1 heterocycles. The predicted octanol–water partition coefficient (Wildman–Crippen LogP) is 4.01. The first kappa shape index (κ1) is 21.0. The fourth-order valence-corrected chi connectivity index (χ4v) is 2.55. The summed E-state index contributed by atoms with van der Waals surface area (Å²) < 4.78 is 43.0. The quantitative estimate of drug-likeness (QED) is 0.439. The first-order chi connectivity index (χ1) is 13.1. The first-order valence-corrected chi connectivity index (χ1v) is 8.34. The minimum absolute atomic E-state index is 0.0138. The normalized spacial score (nSPS) is 10.7. The van der Waals surface area contributed by atoms with E-state index in [4.69, 9.17) is 30.5 Å². The number of hydrogen-bond donors (Lipinski definition) is 3. The number of nitrogens with one attached hydrogen (secondary N) is 1. The minimum atomic E-state index is -5.08. The molecule has 0 aliphatic rings. The maximum atomic E-state index is 10.6. The Morgan fingerprint density at radius 3 is 2.43 bits per heavy atom. The second kappa shape index (κ2) is 8.57. The van der Waals surface area contributed by atoms with Crippen LogP contribution in [0.2, 0.25) is 0 Å². The van der Waals surface area contributed by atoms with Gasteiger partial charge < -0.3 is 20.3 Å². The molecule has 0 saturated carbocycles. The highest BCUT2D eigenvalue weighted by Crippen LogP contribution is 2.39. The van der Waals surface area contributed by atoms with Crippen molar-refractivity contribution in [2.75, 3.05) is 7.11 Å². The molecule has 0 saturated heterocycles. The van der Waals surface area contributed by atoms with E-state index in [1.165, 1.54) is 11.3 Å². The summed E-state index contributed by atoms with van der Waals surface area (Å²) in [5, 5.41) is 18.9. The number of methoxy groups -OCH3 is 1. The Hall–Kier alpha value is -3.34. The van der Waals surface area contributed by atoms with Gasteiger partial charge in [0.25, 0.3) is 5.19 Å². The second-order valence-electron chi connectivity index (χ2n) is 5.15. The van der Waals surface area contributed by atoms with Crippen LogP contribution in [0.5, 0.6) is 16.7 Å². The maximum absolute atomic E-state index is 10.6. The molecule has 0 spiro atoms. The number of thiazole rings is 1. The topological polar surface area (TPSA) is 119 Å². The van der Waals surface area contributed by atoms with Crippen molar-refractivity contribution in [1.82, 2.24) is 4.98 Å². The standard InChI is InChI=1S/C15H13N3O2S.C2HF3O2/c1-19-12-5-4-9-2-3-10(14(16)17)8-11(9)13(12)20-15-18-6-7-21-15;3-2(4,5)1(6)7/h2-8H,1H3,(H3,16,17);(H,6,7). The van der Waals surface area contributed by atoms with Gasteiger partial charge in [-0.25, -0.2) is 9.78 Å². The molecule has 0 bridgehead atoms. The number of nitrogens with two attached hydrogens (primary N) is 1. The van der Waals surface area contributed by atoms with E-state index < -0.39 is 12.1 Å². The summed E-state index contributed by atoms with van der Waals surface area (Å²) in [6.45, 7) is 0. The SMILES string of the molecule is COc1ccc2ccc(C(=N)N)cc2c1Oc1nccs1.O=C(O)C(F)(F)F. The number of aliphatic carboxylic acids is 1. The van der Waals surface area contributed by atoms with E-state index in [0.717, 1.165) is 10.8 Å². The first-order valence-electron chi connectivity index (χ1n) is 7.46. The molecule has 0 radical (unpaired) electrons. The fraction of sp³-hybridized carbons (Fsp3) is 0.118. The number of carbonyl (C=O) groups is 1. The summed E-state index contributed by atoms with van der Waals surface area (Å²) in [6, 6.07) is 9.32. The lowest BCUT2D eigenvalue weighted by Crippen LogP contribution is -2.21. The van der Waals surface area contributed by atoms with Crippen LogP contribution in [-0.2, 0) is 4.79 Å². The van der Waals surface area contributed by atoms with E-state index in [1.54, 1.807) is 13.3 Å². The van der Waals surface area contributed by atoms with Crippen LogP contribution in [-0.4, -0.2) is 35.2 Å². The van der Waals surface area contributed by atoms with Gasteiger partial charge in [0, 0.05) is 22.5 Å². The Morgan fingerprint density at radius 2 is 1.93 bits per heavy atom. The Kier molecular flexibility index (Phi) is 6.41.